The summed E-state index contributed by atoms with van der Waals surface area (Å²) in [5.41, 5.74) is 0. The fraction of sp³-hybridized carbons (Fsp3) is 0.391. The van der Waals surface area contributed by atoms with E-state index in [0.717, 1.165) is 0 Å². The molecule has 0 aromatic rings. The highest BCUT2D eigenvalue weighted by Crippen LogP contribution is 2.08. The second-order valence-corrected chi connectivity index (χ2v) is 5.50. The summed E-state index contributed by atoms with van der Waals surface area (Å²) in [5.74, 6) is 0. The van der Waals surface area contributed by atoms with E-state index in [9.17, 15) is 0 Å². The monoisotopic (exact) mass is 310 g/mol. The van der Waals surface area contributed by atoms with E-state index in [1.54, 1.807) is 6.08 Å². The highest BCUT2D eigenvalue weighted by atomic mass is 13.9. The summed E-state index contributed by atoms with van der Waals surface area (Å²) in [7, 11) is 0. The predicted octanol–water partition coefficient (Wildman–Crippen LogP) is 7.65. The van der Waals surface area contributed by atoms with Crippen LogP contribution in [0.3, 0.4) is 0 Å². The fourth-order valence-corrected chi connectivity index (χ4v) is 2.05. The van der Waals surface area contributed by atoms with E-state index in [1.807, 2.05) is 48.6 Å². The Hall–Kier alpha value is -1.82. The first-order valence-corrected chi connectivity index (χ1v) is 9.02. The van der Waals surface area contributed by atoms with Crippen LogP contribution in [0.1, 0.15) is 58.3 Å². The van der Waals surface area contributed by atoms with Crippen molar-refractivity contribution in [3.8, 4) is 0 Å². The molecule has 0 bridgehead atoms. The normalized spacial score (nSPS) is 13.1. The van der Waals surface area contributed by atoms with Crippen molar-refractivity contribution in [2.45, 2.75) is 58.3 Å². The van der Waals surface area contributed by atoms with E-state index >= 15 is 0 Å². The molecule has 0 aromatic heterocycles. The van der Waals surface area contributed by atoms with Crippen LogP contribution in [-0.2, 0) is 0 Å². The van der Waals surface area contributed by atoms with Crippen molar-refractivity contribution in [1.29, 1.82) is 0 Å². The molecule has 0 rings (SSSR count). The van der Waals surface area contributed by atoms with E-state index < -0.39 is 0 Å². The molecule has 0 N–H and O–H groups in total. The molecule has 126 valence electrons. The van der Waals surface area contributed by atoms with Gasteiger partial charge in [0.25, 0.3) is 0 Å². The maximum Gasteiger partial charge on any atom is -0.0348 e. The zero-order valence-electron chi connectivity index (χ0n) is 14.9. The van der Waals surface area contributed by atoms with Gasteiger partial charge in [0.1, 0.15) is 0 Å². The SMILES string of the molecule is C=CC=CC=CC=CC=CC=CC=CCCCCCCCCC. The van der Waals surface area contributed by atoms with Gasteiger partial charge in [-0.1, -0.05) is 131 Å². The average Bonchev–Trinajstić information content (AvgIpc) is 2.57. The Morgan fingerprint density at radius 1 is 0.522 bits per heavy atom. The van der Waals surface area contributed by atoms with Gasteiger partial charge in [-0.2, -0.15) is 0 Å². The average molecular weight is 311 g/mol. The largest absolute Gasteiger partial charge is 0.0991 e. The third-order valence-electron chi connectivity index (χ3n) is 3.36. The zero-order chi connectivity index (χ0) is 16.8. The Labute approximate surface area is 144 Å². The maximum absolute atomic E-state index is 3.61. The summed E-state index contributed by atoms with van der Waals surface area (Å²) < 4.78 is 0. The van der Waals surface area contributed by atoms with Crippen LogP contribution < -0.4 is 0 Å². The fourth-order valence-electron chi connectivity index (χ4n) is 2.05. The van der Waals surface area contributed by atoms with Gasteiger partial charge in [-0.3, -0.25) is 0 Å². The lowest BCUT2D eigenvalue weighted by molar-refractivity contribution is 0.592. The van der Waals surface area contributed by atoms with Crippen LogP contribution in [0, 0.1) is 0 Å². The van der Waals surface area contributed by atoms with Crippen LogP contribution in [0.25, 0.3) is 0 Å². The van der Waals surface area contributed by atoms with Crippen LogP contribution in [0.2, 0.25) is 0 Å². The van der Waals surface area contributed by atoms with E-state index in [-0.39, 0.29) is 0 Å². The van der Waals surface area contributed by atoms with Crippen molar-refractivity contribution < 1.29 is 0 Å². The molecular formula is C23H34. The molecule has 0 saturated heterocycles. The van der Waals surface area contributed by atoms with Crippen molar-refractivity contribution >= 4 is 0 Å². The lowest BCUT2D eigenvalue weighted by atomic mass is 10.1. The van der Waals surface area contributed by atoms with Gasteiger partial charge in [0, 0.05) is 0 Å². The lowest BCUT2D eigenvalue weighted by Gasteiger charge is -1.98. The summed E-state index contributed by atoms with van der Waals surface area (Å²) >= 11 is 0. The van der Waals surface area contributed by atoms with E-state index in [2.05, 4.69) is 37.8 Å². The summed E-state index contributed by atoms with van der Waals surface area (Å²) in [5, 5.41) is 0. The molecule has 0 aromatic carbocycles. The first kappa shape index (κ1) is 21.2. The number of unbranched alkanes of at least 4 members (excludes halogenated alkanes) is 7. The van der Waals surface area contributed by atoms with Gasteiger partial charge in [-0.05, 0) is 12.8 Å². The topological polar surface area (TPSA) is 0 Å². The number of hydrogen-bond acceptors (Lipinski definition) is 0. The number of allylic oxidation sites excluding steroid dienone is 13. The van der Waals surface area contributed by atoms with Crippen molar-refractivity contribution in [2.75, 3.05) is 0 Å². The Kier molecular flexibility index (Phi) is 18.6. The second-order valence-electron chi connectivity index (χ2n) is 5.50. The predicted molar refractivity (Wildman–Crippen MR) is 108 cm³/mol. The highest BCUT2D eigenvalue weighted by molar-refractivity contribution is 5.20. The summed E-state index contributed by atoms with van der Waals surface area (Å²) in [6.07, 6.45) is 37.1. The van der Waals surface area contributed by atoms with Gasteiger partial charge in [-0.25, -0.2) is 0 Å². The minimum atomic E-state index is 1.20. The molecule has 0 saturated carbocycles. The third kappa shape index (κ3) is 20.2. The van der Waals surface area contributed by atoms with Crippen LogP contribution >= 0.6 is 0 Å². The van der Waals surface area contributed by atoms with Crippen LogP contribution in [0.15, 0.2) is 85.6 Å². The number of rotatable bonds is 14. The Bertz CT molecular complexity index is 413. The minimum absolute atomic E-state index is 1.20. The van der Waals surface area contributed by atoms with Gasteiger partial charge < -0.3 is 0 Å². The summed E-state index contributed by atoms with van der Waals surface area (Å²) in [4.78, 5) is 0. The molecule has 0 nitrogen and oxygen atoms in total. The molecule has 0 atom stereocenters. The zero-order valence-corrected chi connectivity index (χ0v) is 14.9. The molecule has 0 spiro atoms. The van der Waals surface area contributed by atoms with Gasteiger partial charge in [0.2, 0.25) is 0 Å². The standard InChI is InChI=1S/C23H34/c1-3-5-7-9-11-13-15-17-19-21-23-22-20-18-16-14-12-10-8-6-4-2/h3,5,7,9,11,13,15,17,19-23H,1,4,6,8,10,12,14,16,18H2,2H3. The Balaban J connectivity index is 3.52. The summed E-state index contributed by atoms with van der Waals surface area (Å²) in [6.45, 7) is 5.88. The second kappa shape index (κ2) is 20.2. The molecule has 0 fully saturated rings. The molecule has 0 radical (unpaired) electrons. The minimum Gasteiger partial charge on any atom is -0.0991 e. The quantitative estimate of drug-likeness (QED) is 0.228. The van der Waals surface area contributed by atoms with Gasteiger partial charge >= 0.3 is 0 Å². The van der Waals surface area contributed by atoms with E-state index in [0.29, 0.717) is 0 Å². The van der Waals surface area contributed by atoms with Crippen LogP contribution in [0.5, 0.6) is 0 Å². The molecule has 0 aliphatic carbocycles. The molecule has 0 aliphatic rings. The lowest BCUT2D eigenvalue weighted by Crippen LogP contribution is -1.78. The molecule has 0 heteroatoms. The molecule has 0 unspecified atom stereocenters. The first-order chi connectivity index (χ1) is 11.4. The van der Waals surface area contributed by atoms with Crippen molar-refractivity contribution in [3.63, 3.8) is 0 Å². The first-order valence-electron chi connectivity index (χ1n) is 9.02. The smallest absolute Gasteiger partial charge is 0.0348 e. The van der Waals surface area contributed by atoms with Crippen LogP contribution in [0.4, 0.5) is 0 Å². The van der Waals surface area contributed by atoms with Crippen molar-refractivity contribution in [1.82, 2.24) is 0 Å². The molecule has 0 aliphatic heterocycles. The van der Waals surface area contributed by atoms with Gasteiger partial charge in [0.05, 0.1) is 0 Å². The van der Waals surface area contributed by atoms with E-state index in [4.69, 9.17) is 0 Å². The summed E-state index contributed by atoms with van der Waals surface area (Å²) in [6, 6.07) is 0. The van der Waals surface area contributed by atoms with Crippen LogP contribution in [-0.4, -0.2) is 0 Å². The van der Waals surface area contributed by atoms with Crippen molar-refractivity contribution in [2.24, 2.45) is 0 Å². The highest BCUT2D eigenvalue weighted by Gasteiger charge is 1.88. The van der Waals surface area contributed by atoms with Gasteiger partial charge in [0.15, 0.2) is 0 Å². The van der Waals surface area contributed by atoms with Crippen molar-refractivity contribution in [3.05, 3.63) is 85.6 Å². The molecule has 0 amide bonds. The molecular weight excluding hydrogens is 276 g/mol. The van der Waals surface area contributed by atoms with E-state index in [1.165, 1.54) is 51.4 Å². The Morgan fingerprint density at radius 2 is 0.957 bits per heavy atom. The molecule has 0 heterocycles. The van der Waals surface area contributed by atoms with Gasteiger partial charge in [-0.15, -0.1) is 0 Å². The Morgan fingerprint density at radius 3 is 1.48 bits per heavy atom. The third-order valence-corrected chi connectivity index (χ3v) is 3.36. The maximum atomic E-state index is 3.61. The molecule has 23 heavy (non-hydrogen) atoms. The number of hydrogen-bond donors (Lipinski definition) is 0.